The van der Waals surface area contributed by atoms with Crippen LogP contribution in [0, 0.1) is 0 Å². The number of amides is 1. The third kappa shape index (κ3) is 5.35. The maximum Gasteiger partial charge on any atom is 0.248 e. The molecule has 1 aliphatic carbocycles. The van der Waals surface area contributed by atoms with E-state index in [1.165, 1.54) is 18.6 Å². The molecule has 1 amide bonds. The number of aromatic nitrogens is 7. The summed E-state index contributed by atoms with van der Waals surface area (Å²) in [6.45, 7) is 0.604. The zero-order valence-corrected chi connectivity index (χ0v) is 21.2. The monoisotopic (exact) mass is 541 g/mol. The first kappa shape index (κ1) is 24.4. The van der Waals surface area contributed by atoms with E-state index in [0.717, 1.165) is 18.5 Å². The van der Waals surface area contributed by atoms with Gasteiger partial charge in [0, 0.05) is 50.4 Å². The second kappa shape index (κ2) is 9.75. The summed E-state index contributed by atoms with van der Waals surface area (Å²) in [7, 11) is -3.11. The molecule has 6 rings (SSSR count). The highest BCUT2D eigenvalue weighted by molar-refractivity contribution is 7.91. The molecule has 38 heavy (non-hydrogen) atoms. The molecule has 200 valence electrons. The molecule has 0 spiro atoms. The van der Waals surface area contributed by atoms with E-state index in [2.05, 4.69) is 45.8 Å². The molecule has 4 N–H and O–H groups in total. The van der Waals surface area contributed by atoms with Crippen LogP contribution in [-0.4, -0.2) is 97.8 Å². The van der Waals surface area contributed by atoms with Gasteiger partial charge in [-0.25, -0.2) is 13.4 Å². The SMILES string of the molecule is O=C(Nc1cnccn1)[C@@H]1C[C@H](O)CN1c1nc(Nc2cc(C3CC3)n[nH]2)nc(N2CCS(=O)(=O)CC2)n1. The molecule has 3 aliphatic rings. The molecule has 0 unspecified atom stereocenters. The van der Waals surface area contributed by atoms with E-state index in [4.69, 9.17) is 0 Å². The van der Waals surface area contributed by atoms with Gasteiger partial charge in [0.05, 0.1) is 29.5 Å². The highest BCUT2D eigenvalue weighted by atomic mass is 32.2. The Morgan fingerprint density at radius 2 is 1.89 bits per heavy atom. The second-order valence-corrected chi connectivity index (χ2v) is 11.9. The number of aliphatic hydroxyl groups excluding tert-OH is 1. The Bertz CT molecular complexity index is 1420. The van der Waals surface area contributed by atoms with Gasteiger partial charge in [0.15, 0.2) is 15.7 Å². The number of β-amino-alcohol motifs (C(OH)–C–C–N with tert-alkyl or cyclic N) is 1. The van der Waals surface area contributed by atoms with Crippen molar-refractivity contribution in [2.75, 3.05) is 51.6 Å². The molecule has 2 aliphatic heterocycles. The largest absolute Gasteiger partial charge is 0.391 e. The third-order valence-electron chi connectivity index (χ3n) is 6.73. The number of hydrogen-bond acceptors (Lipinski definition) is 13. The van der Waals surface area contributed by atoms with Gasteiger partial charge in [-0.1, -0.05) is 0 Å². The van der Waals surface area contributed by atoms with E-state index in [0.29, 0.717) is 11.7 Å². The fourth-order valence-corrected chi connectivity index (χ4v) is 5.76. The number of anilines is 5. The molecule has 5 heterocycles. The summed E-state index contributed by atoms with van der Waals surface area (Å²) in [6, 6.07) is 1.14. The summed E-state index contributed by atoms with van der Waals surface area (Å²) < 4.78 is 24.0. The van der Waals surface area contributed by atoms with Gasteiger partial charge >= 0.3 is 0 Å². The Kier molecular flexibility index (Phi) is 6.27. The average molecular weight is 542 g/mol. The van der Waals surface area contributed by atoms with Crippen molar-refractivity contribution in [1.82, 2.24) is 35.1 Å². The van der Waals surface area contributed by atoms with Gasteiger partial charge in [0.1, 0.15) is 11.9 Å². The van der Waals surface area contributed by atoms with Crippen molar-refractivity contribution in [2.24, 2.45) is 0 Å². The van der Waals surface area contributed by atoms with Crippen LogP contribution in [0.1, 0.15) is 30.9 Å². The third-order valence-corrected chi connectivity index (χ3v) is 8.34. The predicted molar refractivity (Wildman–Crippen MR) is 137 cm³/mol. The van der Waals surface area contributed by atoms with Crippen LogP contribution < -0.4 is 20.4 Å². The lowest BCUT2D eigenvalue weighted by atomic mass is 10.2. The molecule has 3 aromatic heterocycles. The normalized spacial score (nSPS) is 22.9. The van der Waals surface area contributed by atoms with Crippen molar-refractivity contribution in [3.63, 3.8) is 0 Å². The van der Waals surface area contributed by atoms with E-state index in [1.807, 2.05) is 6.07 Å². The van der Waals surface area contributed by atoms with Crippen LogP contribution in [-0.2, 0) is 14.6 Å². The molecule has 2 atom stereocenters. The Morgan fingerprint density at radius 3 is 2.63 bits per heavy atom. The van der Waals surface area contributed by atoms with Gasteiger partial charge in [-0.3, -0.25) is 14.9 Å². The van der Waals surface area contributed by atoms with Crippen molar-refractivity contribution < 1.29 is 18.3 Å². The van der Waals surface area contributed by atoms with Gasteiger partial charge in [-0.2, -0.15) is 20.1 Å². The van der Waals surface area contributed by atoms with E-state index < -0.39 is 22.0 Å². The average Bonchev–Trinajstić information content (AvgIpc) is 3.52. The number of nitrogens with zero attached hydrogens (tertiary/aromatic N) is 8. The minimum atomic E-state index is -3.11. The zero-order chi connectivity index (χ0) is 26.3. The van der Waals surface area contributed by atoms with Crippen molar-refractivity contribution in [2.45, 2.75) is 37.3 Å². The first-order valence-corrected chi connectivity index (χ1v) is 14.2. The van der Waals surface area contributed by atoms with Crippen molar-refractivity contribution in [3.05, 3.63) is 30.4 Å². The van der Waals surface area contributed by atoms with E-state index >= 15 is 0 Å². The maximum absolute atomic E-state index is 13.1. The van der Waals surface area contributed by atoms with Crippen LogP contribution in [0.3, 0.4) is 0 Å². The van der Waals surface area contributed by atoms with E-state index in [1.54, 1.807) is 9.80 Å². The summed E-state index contributed by atoms with van der Waals surface area (Å²) in [5.41, 5.74) is 0.964. The fourth-order valence-electron chi connectivity index (χ4n) is 4.56. The molecule has 15 nitrogen and oxygen atoms in total. The van der Waals surface area contributed by atoms with Gasteiger partial charge in [0.2, 0.25) is 23.8 Å². The topological polar surface area (TPSA) is 195 Å². The number of nitrogens with one attached hydrogen (secondary N) is 3. The summed E-state index contributed by atoms with van der Waals surface area (Å²) in [4.78, 5) is 38.3. The molecule has 2 saturated heterocycles. The number of H-pyrrole nitrogens is 1. The Morgan fingerprint density at radius 1 is 1.11 bits per heavy atom. The standard InChI is InChI=1S/C22H27N11O4S/c34-14-9-16(19(35)25-18-11-23-3-4-24-18)33(12-14)22-28-20(26-17-10-15(30-31-17)13-1-2-13)27-21(29-22)32-5-7-38(36,37)8-6-32/h3-4,10-11,13-14,16,34H,1-2,5-9,12H2,(H,24,25,35)(H2,26,27,28,29,30,31)/t14-,16-/m0/s1. The highest BCUT2D eigenvalue weighted by Crippen LogP contribution is 2.39. The molecule has 1 saturated carbocycles. The van der Waals surface area contributed by atoms with E-state index in [-0.39, 0.29) is 67.1 Å². The van der Waals surface area contributed by atoms with Crippen LogP contribution in [0.4, 0.5) is 29.5 Å². The molecule has 3 fully saturated rings. The van der Waals surface area contributed by atoms with E-state index in [9.17, 15) is 18.3 Å². The lowest BCUT2D eigenvalue weighted by Gasteiger charge is -2.29. The van der Waals surface area contributed by atoms with Crippen molar-refractivity contribution >= 4 is 45.2 Å². The Balaban J connectivity index is 1.30. The second-order valence-electron chi connectivity index (χ2n) is 9.64. The maximum atomic E-state index is 13.1. The molecule has 0 radical (unpaired) electrons. The molecule has 3 aromatic rings. The van der Waals surface area contributed by atoms with Gasteiger partial charge in [-0.05, 0) is 12.8 Å². The molecular weight excluding hydrogens is 514 g/mol. The van der Waals surface area contributed by atoms with Gasteiger partial charge < -0.3 is 25.5 Å². The first-order valence-electron chi connectivity index (χ1n) is 12.4. The Hall–Kier alpha value is -3.92. The summed E-state index contributed by atoms with van der Waals surface area (Å²) >= 11 is 0. The van der Waals surface area contributed by atoms with Crippen LogP contribution in [0.25, 0.3) is 0 Å². The zero-order valence-electron chi connectivity index (χ0n) is 20.4. The van der Waals surface area contributed by atoms with Gasteiger partial charge in [-0.15, -0.1) is 0 Å². The number of rotatable bonds is 7. The van der Waals surface area contributed by atoms with Crippen LogP contribution in [0.2, 0.25) is 0 Å². The fraction of sp³-hybridized carbons (Fsp3) is 0.500. The summed E-state index contributed by atoms with van der Waals surface area (Å²) in [5.74, 6) is 1.63. The molecule has 0 bridgehead atoms. The predicted octanol–water partition coefficient (Wildman–Crippen LogP) is -0.181. The van der Waals surface area contributed by atoms with Crippen molar-refractivity contribution in [1.29, 1.82) is 0 Å². The van der Waals surface area contributed by atoms with Crippen LogP contribution >= 0.6 is 0 Å². The van der Waals surface area contributed by atoms with Gasteiger partial charge in [0.25, 0.3) is 0 Å². The molecular formula is C22H27N11O4S. The quantitative estimate of drug-likeness (QED) is 0.308. The lowest BCUT2D eigenvalue weighted by Crippen LogP contribution is -2.43. The minimum absolute atomic E-state index is 0.00630. The van der Waals surface area contributed by atoms with Crippen molar-refractivity contribution in [3.8, 4) is 0 Å². The number of aliphatic hydroxyl groups is 1. The number of sulfone groups is 1. The number of hydrogen-bond donors (Lipinski definition) is 4. The smallest absolute Gasteiger partial charge is 0.248 e. The highest BCUT2D eigenvalue weighted by Gasteiger charge is 2.39. The molecule has 0 aromatic carbocycles. The number of aromatic amines is 1. The number of carbonyl (C=O) groups is 1. The first-order chi connectivity index (χ1) is 18.3. The number of carbonyl (C=O) groups excluding carboxylic acids is 1. The molecule has 16 heteroatoms. The lowest BCUT2D eigenvalue weighted by molar-refractivity contribution is -0.117. The minimum Gasteiger partial charge on any atom is -0.391 e. The summed E-state index contributed by atoms with van der Waals surface area (Å²) in [5, 5.41) is 23.6. The Labute approximate surface area is 218 Å². The van der Waals surface area contributed by atoms with Crippen LogP contribution in [0.5, 0.6) is 0 Å². The summed E-state index contributed by atoms with van der Waals surface area (Å²) in [6.07, 6.45) is 6.01. The van der Waals surface area contributed by atoms with Crippen LogP contribution in [0.15, 0.2) is 24.7 Å².